The molecule has 0 bridgehead atoms. The molecule has 1 aliphatic rings. The van der Waals surface area contributed by atoms with Gasteiger partial charge in [-0.3, -0.25) is 0 Å². The van der Waals surface area contributed by atoms with Crippen LogP contribution in [0.4, 0.5) is 5.82 Å². The molecule has 20 heavy (non-hydrogen) atoms. The molecule has 104 valence electrons. The van der Waals surface area contributed by atoms with Gasteiger partial charge in [-0.1, -0.05) is 19.1 Å². The van der Waals surface area contributed by atoms with Crippen LogP contribution in [-0.4, -0.2) is 15.7 Å². The van der Waals surface area contributed by atoms with E-state index in [-0.39, 0.29) is 0 Å². The normalized spacial score (nSPS) is 14.5. The van der Waals surface area contributed by atoms with Crippen molar-refractivity contribution in [3.63, 3.8) is 0 Å². The molecule has 1 aromatic carbocycles. The molecule has 0 unspecified atom stereocenters. The van der Waals surface area contributed by atoms with Crippen molar-refractivity contribution in [3.05, 3.63) is 33.5 Å². The molecule has 0 saturated heterocycles. The van der Waals surface area contributed by atoms with E-state index in [4.69, 9.17) is 10.7 Å². The predicted octanol–water partition coefficient (Wildman–Crippen LogP) is 4.32. The summed E-state index contributed by atoms with van der Waals surface area (Å²) in [5.74, 6) is 3.02. The number of nitrogens with zero attached hydrogens (tertiary/aromatic N) is 2. The highest BCUT2D eigenvalue weighted by atomic mass is 127. The van der Waals surface area contributed by atoms with Gasteiger partial charge in [-0.15, -0.1) is 11.8 Å². The van der Waals surface area contributed by atoms with Crippen molar-refractivity contribution in [3.8, 4) is 11.4 Å². The van der Waals surface area contributed by atoms with Crippen LogP contribution in [0.2, 0.25) is 0 Å². The molecule has 0 radical (unpaired) electrons. The van der Waals surface area contributed by atoms with E-state index in [0.29, 0.717) is 11.7 Å². The lowest BCUT2D eigenvalue weighted by Gasteiger charge is -2.09. The van der Waals surface area contributed by atoms with Crippen molar-refractivity contribution in [2.24, 2.45) is 0 Å². The minimum absolute atomic E-state index is 0.584. The number of hydrogen-bond acceptors (Lipinski definition) is 4. The van der Waals surface area contributed by atoms with Crippen molar-refractivity contribution in [2.45, 2.75) is 30.6 Å². The highest BCUT2D eigenvalue weighted by Gasteiger charge is 2.29. The van der Waals surface area contributed by atoms with Gasteiger partial charge in [0.15, 0.2) is 5.82 Å². The topological polar surface area (TPSA) is 51.8 Å². The monoisotopic (exact) mass is 397 g/mol. The molecule has 2 aromatic rings. The summed E-state index contributed by atoms with van der Waals surface area (Å²) >= 11 is 4.10. The molecule has 1 aliphatic carbocycles. The highest BCUT2D eigenvalue weighted by molar-refractivity contribution is 14.1. The Morgan fingerprint density at radius 1 is 1.25 bits per heavy atom. The number of nitrogen functional groups attached to an aromatic ring is 1. The van der Waals surface area contributed by atoms with Crippen LogP contribution in [-0.2, 0) is 0 Å². The van der Waals surface area contributed by atoms with Crippen LogP contribution in [0.25, 0.3) is 11.4 Å². The molecule has 0 spiro atoms. The van der Waals surface area contributed by atoms with Gasteiger partial charge in [0.05, 0.1) is 9.26 Å². The van der Waals surface area contributed by atoms with E-state index in [9.17, 15) is 0 Å². The van der Waals surface area contributed by atoms with E-state index >= 15 is 0 Å². The van der Waals surface area contributed by atoms with Gasteiger partial charge >= 0.3 is 0 Å². The van der Waals surface area contributed by atoms with Gasteiger partial charge in [0.1, 0.15) is 5.82 Å². The number of thioether (sulfide) groups is 1. The van der Waals surface area contributed by atoms with E-state index in [1.165, 1.54) is 17.7 Å². The third kappa shape index (κ3) is 2.93. The maximum Gasteiger partial charge on any atom is 0.161 e. The zero-order valence-corrected chi connectivity index (χ0v) is 14.2. The van der Waals surface area contributed by atoms with Gasteiger partial charge in [-0.05, 0) is 53.3 Å². The third-order valence-electron chi connectivity index (χ3n) is 3.29. The summed E-state index contributed by atoms with van der Waals surface area (Å²) in [6.45, 7) is 2.16. The number of hydrogen-bond donors (Lipinski definition) is 1. The molecular formula is C15H16IN3S. The van der Waals surface area contributed by atoms with E-state index in [1.807, 2.05) is 11.8 Å². The summed E-state index contributed by atoms with van der Waals surface area (Å²) < 4.78 is 1.02. The number of rotatable bonds is 4. The molecule has 1 aromatic heterocycles. The van der Waals surface area contributed by atoms with Gasteiger partial charge in [0.2, 0.25) is 0 Å². The molecule has 2 N–H and O–H groups in total. The molecule has 3 rings (SSSR count). The summed E-state index contributed by atoms with van der Waals surface area (Å²) in [6.07, 6.45) is 2.44. The highest BCUT2D eigenvalue weighted by Crippen LogP contribution is 2.42. The Balaban J connectivity index is 1.96. The summed E-state index contributed by atoms with van der Waals surface area (Å²) in [5, 5.41) is 0. The van der Waals surface area contributed by atoms with Gasteiger partial charge in [-0.25, -0.2) is 9.97 Å². The lowest BCUT2D eigenvalue weighted by molar-refractivity contribution is 0.982. The van der Waals surface area contributed by atoms with Gasteiger partial charge < -0.3 is 5.73 Å². The van der Waals surface area contributed by atoms with E-state index in [1.54, 1.807) is 0 Å². The lowest BCUT2D eigenvalue weighted by Crippen LogP contribution is -2.04. The number of benzene rings is 1. The van der Waals surface area contributed by atoms with Crippen molar-refractivity contribution in [2.75, 3.05) is 11.5 Å². The zero-order valence-electron chi connectivity index (χ0n) is 11.3. The molecule has 5 heteroatoms. The number of nitrogens with two attached hydrogens (primary N) is 1. The van der Waals surface area contributed by atoms with Crippen LogP contribution < -0.4 is 5.73 Å². The number of halogens is 1. The SMILES string of the molecule is CCSc1ccc(-c2nc(N)c(I)c(C3CC3)n2)cc1. The second kappa shape index (κ2) is 5.89. The van der Waals surface area contributed by atoms with Crippen LogP contribution in [0.5, 0.6) is 0 Å². The molecule has 0 aliphatic heterocycles. The Morgan fingerprint density at radius 2 is 1.95 bits per heavy atom. The fourth-order valence-corrected chi connectivity index (χ4v) is 3.45. The van der Waals surface area contributed by atoms with Crippen molar-refractivity contribution in [1.82, 2.24) is 9.97 Å². The Hall–Kier alpha value is -0.820. The summed E-state index contributed by atoms with van der Waals surface area (Å²) in [7, 11) is 0. The average molecular weight is 397 g/mol. The van der Waals surface area contributed by atoms with Gasteiger partial charge in [-0.2, -0.15) is 0 Å². The first-order valence-corrected chi connectivity index (χ1v) is 8.81. The first kappa shape index (κ1) is 14.1. The second-order valence-corrected chi connectivity index (χ2v) is 7.28. The van der Waals surface area contributed by atoms with Crippen LogP contribution in [0.15, 0.2) is 29.2 Å². The molecule has 1 fully saturated rings. The maximum absolute atomic E-state index is 6.04. The van der Waals surface area contributed by atoms with Gasteiger partial charge in [0.25, 0.3) is 0 Å². The van der Waals surface area contributed by atoms with Crippen molar-refractivity contribution < 1.29 is 0 Å². The summed E-state index contributed by atoms with van der Waals surface area (Å²) in [4.78, 5) is 10.5. The van der Waals surface area contributed by atoms with Crippen molar-refractivity contribution in [1.29, 1.82) is 0 Å². The standard InChI is InChI=1S/C15H16IN3S/c1-2-20-11-7-5-10(6-8-11)15-18-13(9-3-4-9)12(16)14(17)19-15/h5-9H,2-4H2,1H3,(H2,17,18,19). The Bertz CT molecular complexity index is 624. The fraction of sp³-hybridized carbons (Fsp3) is 0.333. The molecular weight excluding hydrogens is 381 g/mol. The van der Waals surface area contributed by atoms with Crippen LogP contribution in [0.3, 0.4) is 0 Å². The fourth-order valence-electron chi connectivity index (χ4n) is 2.11. The smallest absolute Gasteiger partial charge is 0.161 e. The van der Waals surface area contributed by atoms with Crippen LogP contribution in [0, 0.1) is 3.57 Å². The largest absolute Gasteiger partial charge is 0.383 e. The Kier molecular flexibility index (Phi) is 4.16. The minimum Gasteiger partial charge on any atom is -0.383 e. The second-order valence-electron chi connectivity index (χ2n) is 4.86. The first-order valence-electron chi connectivity index (χ1n) is 6.75. The summed E-state index contributed by atoms with van der Waals surface area (Å²) in [6, 6.07) is 8.41. The Labute approximate surface area is 136 Å². The van der Waals surface area contributed by atoms with E-state index in [2.05, 4.69) is 58.8 Å². The van der Waals surface area contributed by atoms with Crippen LogP contribution in [0.1, 0.15) is 31.4 Å². The lowest BCUT2D eigenvalue weighted by atomic mass is 10.2. The zero-order chi connectivity index (χ0) is 14.1. The van der Waals surface area contributed by atoms with Crippen molar-refractivity contribution >= 4 is 40.2 Å². The predicted molar refractivity (Wildman–Crippen MR) is 93.0 cm³/mol. The summed E-state index contributed by atoms with van der Waals surface area (Å²) in [5.41, 5.74) is 8.20. The van der Waals surface area contributed by atoms with Gasteiger partial charge in [0, 0.05) is 16.4 Å². The van der Waals surface area contributed by atoms with E-state index < -0.39 is 0 Å². The quantitative estimate of drug-likeness (QED) is 0.617. The molecule has 0 amide bonds. The molecule has 1 saturated carbocycles. The number of anilines is 1. The van der Waals surface area contributed by atoms with E-state index in [0.717, 1.165) is 26.4 Å². The molecule has 1 heterocycles. The average Bonchev–Trinajstić information content (AvgIpc) is 3.27. The van der Waals surface area contributed by atoms with Crippen LogP contribution >= 0.6 is 34.4 Å². The Morgan fingerprint density at radius 3 is 2.55 bits per heavy atom. The minimum atomic E-state index is 0.584. The molecule has 3 nitrogen and oxygen atoms in total. The third-order valence-corrected chi connectivity index (χ3v) is 5.29. The maximum atomic E-state index is 6.04. The number of aromatic nitrogens is 2. The first-order chi connectivity index (χ1) is 9.69. The molecule has 0 atom stereocenters.